The van der Waals surface area contributed by atoms with Gasteiger partial charge in [-0.3, -0.25) is 0 Å². The maximum absolute atomic E-state index is 4.17. The van der Waals surface area contributed by atoms with Crippen molar-refractivity contribution in [1.29, 1.82) is 0 Å². The molecule has 0 aliphatic heterocycles. The van der Waals surface area contributed by atoms with E-state index in [0.29, 0.717) is 0 Å². The third-order valence-electron chi connectivity index (χ3n) is 3.74. The van der Waals surface area contributed by atoms with Crippen LogP contribution in [0.25, 0.3) is 6.20 Å². The monoisotopic (exact) mass is 233 g/mol. The van der Waals surface area contributed by atoms with Crippen molar-refractivity contribution in [3.05, 3.63) is 24.5 Å². The van der Waals surface area contributed by atoms with E-state index in [1.54, 1.807) is 10.9 Å². The highest BCUT2D eigenvalue weighted by atomic mass is 15.2. The molecule has 17 heavy (non-hydrogen) atoms. The molecule has 1 aromatic rings. The average Bonchev–Trinajstić information content (AvgIpc) is 2.80. The Labute approximate surface area is 104 Å². The summed E-state index contributed by atoms with van der Waals surface area (Å²) in [5.74, 6) is 1.82. The standard InChI is InChI=1S/C14H23N3/c1-3-17-11-14(10-16-17)9-15-8-13-6-4-12(2)5-7-13/h3,10-13,15H,1,4-9H2,2H3. The van der Waals surface area contributed by atoms with Crippen LogP contribution in [0.4, 0.5) is 0 Å². The summed E-state index contributed by atoms with van der Waals surface area (Å²) in [5, 5.41) is 7.70. The highest BCUT2D eigenvalue weighted by Crippen LogP contribution is 2.27. The Morgan fingerprint density at radius 3 is 2.88 bits per heavy atom. The predicted octanol–water partition coefficient (Wildman–Crippen LogP) is 2.90. The molecule has 1 N–H and O–H groups in total. The minimum absolute atomic E-state index is 0.876. The van der Waals surface area contributed by atoms with Gasteiger partial charge in [0, 0.05) is 24.5 Å². The highest BCUT2D eigenvalue weighted by molar-refractivity contribution is 5.17. The number of rotatable bonds is 5. The van der Waals surface area contributed by atoms with Crippen LogP contribution >= 0.6 is 0 Å². The van der Waals surface area contributed by atoms with E-state index in [4.69, 9.17) is 0 Å². The molecule has 0 bridgehead atoms. The van der Waals surface area contributed by atoms with Crippen molar-refractivity contribution in [2.24, 2.45) is 11.8 Å². The van der Waals surface area contributed by atoms with Crippen LogP contribution in [0.2, 0.25) is 0 Å². The first kappa shape index (κ1) is 12.4. The molecule has 0 spiro atoms. The van der Waals surface area contributed by atoms with Gasteiger partial charge < -0.3 is 5.32 Å². The summed E-state index contributed by atoms with van der Waals surface area (Å²) < 4.78 is 1.75. The molecule has 1 aromatic heterocycles. The summed E-state index contributed by atoms with van der Waals surface area (Å²) in [7, 11) is 0. The van der Waals surface area contributed by atoms with Crippen LogP contribution in [0.5, 0.6) is 0 Å². The van der Waals surface area contributed by atoms with Crippen LogP contribution in [0.1, 0.15) is 38.2 Å². The molecular weight excluding hydrogens is 210 g/mol. The van der Waals surface area contributed by atoms with Crippen molar-refractivity contribution < 1.29 is 0 Å². The summed E-state index contributed by atoms with van der Waals surface area (Å²) >= 11 is 0. The molecule has 3 heteroatoms. The summed E-state index contributed by atoms with van der Waals surface area (Å²) in [6, 6.07) is 0. The van der Waals surface area contributed by atoms with Crippen molar-refractivity contribution in [3.63, 3.8) is 0 Å². The van der Waals surface area contributed by atoms with Crippen molar-refractivity contribution in [2.75, 3.05) is 6.54 Å². The summed E-state index contributed by atoms with van der Waals surface area (Å²) in [5.41, 5.74) is 1.23. The topological polar surface area (TPSA) is 29.9 Å². The molecule has 1 fully saturated rings. The van der Waals surface area contributed by atoms with E-state index in [9.17, 15) is 0 Å². The number of nitrogens with one attached hydrogen (secondary N) is 1. The zero-order valence-corrected chi connectivity index (χ0v) is 10.7. The minimum atomic E-state index is 0.876. The molecule has 0 radical (unpaired) electrons. The van der Waals surface area contributed by atoms with E-state index in [1.807, 2.05) is 12.4 Å². The molecule has 1 saturated carbocycles. The third-order valence-corrected chi connectivity index (χ3v) is 3.74. The van der Waals surface area contributed by atoms with Gasteiger partial charge in [0.1, 0.15) is 0 Å². The van der Waals surface area contributed by atoms with Crippen LogP contribution < -0.4 is 5.32 Å². The van der Waals surface area contributed by atoms with Crippen LogP contribution in [0.15, 0.2) is 19.0 Å². The Kier molecular flexibility index (Phi) is 4.37. The van der Waals surface area contributed by atoms with Crippen molar-refractivity contribution in [2.45, 2.75) is 39.2 Å². The van der Waals surface area contributed by atoms with Crippen LogP contribution in [0, 0.1) is 11.8 Å². The van der Waals surface area contributed by atoms with Gasteiger partial charge in [-0.15, -0.1) is 0 Å². The quantitative estimate of drug-likeness (QED) is 0.847. The Morgan fingerprint density at radius 1 is 1.47 bits per heavy atom. The lowest BCUT2D eigenvalue weighted by Crippen LogP contribution is -2.25. The maximum Gasteiger partial charge on any atom is 0.0538 e. The molecule has 94 valence electrons. The largest absolute Gasteiger partial charge is 0.312 e. The number of nitrogens with zero attached hydrogens (tertiary/aromatic N) is 2. The molecule has 0 unspecified atom stereocenters. The predicted molar refractivity (Wildman–Crippen MR) is 71.4 cm³/mol. The summed E-state index contributed by atoms with van der Waals surface area (Å²) in [6.07, 6.45) is 11.2. The van der Waals surface area contributed by atoms with Gasteiger partial charge in [-0.1, -0.05) is 26.3 Å². The van der Waals surface area contributed by atoms with E-state index >= 15 is 0 Å². The Hall–Kier alpha value is -1.09. The van der Waals surface area contributed by atoms with Crippen molar-refractivity contribution >= 4 is 6.20 Å². The zero-order valence-electron chi connectivity index (χ0n) is 10.7. The molecular formula is C14H23N3. The molecule has 1 heterocycles. The molecule has 3 nitrogen and oxygen atoms in total. The van der Waals surface area contributed by atoms with Crippen LogP contribution in [-0.2, 0) is 6.54 Å². The smallest absolute Gasteiger partial charge is 0.0538 e. The Morgan fingerprint density at radius 2 is 2.24 bits per heavy atom. The fourth-order valence-electron chi connectivity index (χ4n) is 2.52. The number of aromatic nitrogens is 2. The maximum atomic E-state index is 4.17. The lowest BCUT2D eigenvalue weighted by molar-refractivity contribution is 0.281. The summed E-state index contributed by atoms with van der Waals surface area (Å²) in [6.45, 7) is 8.11. The Bertz CT molecular complexity index is 348. The highest BCUT2D eigenvalue weighted by Gasteiger charge is 2.17. The lowest BCUT2D eigenvalue weighted by Gasteiger charge is -2.26. The number of hydrogen-bond donors (Lipinski definition) is 1. The molecule has 0 saturated heterocycles. The van der Waals surface area contributed by atoms with E-state index in [2.05, 4.69) is 23.9 Å². The van der Waals surface area contributed by atoms with E-state index in [0.717, 1.165) is 24.9 Å². The summed E-state index contributed by atoms with van der Waals surface area (Å²) in [4.78, 5) is 0. The first-order chi connectivity index (χ1) is 8.28. The minimum Gasteiger partial charge on any atom is -0.312 e. The second kappa shape index (κ2) is 6.01. The van der Waals surface area contributed by atoms with Crippen molar-refractivity contribution in [1.82, 2.24) is 15.1 Å². The molecule has 2 rings (SSSR count). The third kappa shape index (κ3) is 3.70. The molecule has 0 amide bonds. The van der Waals surface area contributed by atoms with Gasteiger partial charge in [0.05, 0.1) is 6.20 Å². The van der Waals surface area contributed by atoms with E-state index < -0.39 is 0 Å². The van der Waals surface area contributed by atoms with Crippen molar-refractivity contribution in [3.8, 4) is 0 Å². The van der Waals surface area contributed by atoms with Gasteiger partial charge in [0.25, 0.3) is 0 Å². The van der Waals surface area contributed by atoms with Gasteiger partial charge in [-0.2, -0.15) is 5.10 Å². The molecule has 0 aromatic carbocycles. The molecule has 1 aliphatic carbocycles. The second-order valence-electron chi connectivity index (χ2n) is 5.27. The van der Waals surface area contributed by atoms with Gasteiger partial charge in [-0.05, 0) is 31.2 Å². The van der Waals surface area contributed by atoms with Crippen LogP contribution in [0.3, 0.4) is 0 Å². The second-order valence-corrected chi connectivity index (χ2v) is 5.27. The average molecular weight is 233 g/mol. The molecule has 1 aliphatic rings. The van der Waals surface area contributed by atoms with Gasteiger partial charge >= 0.3 is 0 Å². The zero-order chi connectivity index (χ0) is 12.1. The fourth-order valence-corrected chi connectivity index (χ4v) is 2.52. The first-order valence-electron chi connectivity index (χ1n) is 6.64. The molecule has 0 atom stereocenters. The fraction of sp³-hybridized carbons (Fsp3) is 0.643. The van der Waals surface area contributed by atoms with Gasteiger partial charge in [-0.25, -0.2) is 4.68 Å². The first-order valence-corrected chi connectivity index (χ1v) is 6.64. The SMILES string of the molecule is C=Cn1cc(CNCC2CCC(C)CC2)cn1. The normalized spacial score (nSPS) is 24.8. The van der Waals surface area contributed by atoms with Gasteiger partial charge in [0.15, 0.2) is 0 Å². The lowest BCUT2D eigenvalue weighted by atomic mass is 9.83. The Balaban J connectivity index is 1.67. The van der Waals surface area contributed by atoms with E-state index in [-0.39, 0.29) is 0 Å². The van der Waals surface area contributed by atoms with Crippen LogP contribution in [-0.4, -0.2) is 16.3 Å². The van der Waals surface area contributed by atoms with Gasteiger partial charge in [0.2, 0.25) is 0 Å². The van der Waals surface area contributed by atoms with E-state index in [1.165, 1.54) is 31.2 Å². The number of hydrogen-bond acceptors (Lipinski definition) is 2.